The Morgan fingerprint density at radius 2 is 1.60 bits per heavy atom. The van der Waals surface area contributed by atoms with Crippen molar-refractivity contribution >= 4 is 35.4 Å². The maximum Gasteiger partial charge on any atom is 0.407 e. The predicted octanol–water partition coefficient (Wildman–Crippen LogP) is 7.40. The van der Waals surface area contributed by atoms with E-state index in [0.29, 0.717) is 46.6 Å². The number of ketones is 2. The number of Topliss-reactive ketones (excluding diaryl/α,β-unsaturated/α-hetero) is 2. The number of hydrogen-bond acceptors (Lipinski definition) is 10. The summed E-state index contributed by atoms with van der Waals surface area (Å²) < 4.78 is 11.5. The second-order valence-electron chi connectivity index (χ2n) is 17.5. The summed E-state index contributed by atoms with van der Waals surface area (Å²) in [5, 5.41) is 28.4. The third kappa shape index (κ3) is 13.3. The molecular weight excluding hydrogens is 827 g/mol. The highest BCUT2D eigenvalue weighted by atomic mass is 16.6. The van der Waals surface area contributed by atoms with Crippen LogP contribution in [0.25, 0.3) is 22.3 Å². The molecule has 1 heterocycles. The van der Waals surface area contributed by atoms with Crippen LogP contribution >= 0.6 is 0 Å². The van der Waals surface area contributed by atoms with Gasteiger partial charge in [-0.1, -0.05) is 80.1 Å². The molecule has 4 aromatic rings. The molecule has 4 aromatic carbocycles. The summed E-state index contributed by atoms with van der Waals surface area (Å²) in [4.78, 5) is 84.6. The summed E-state index contributed by atoms with van der Waals surface area (Å²) in [6.45, 7) is 10.7. The first-order chi connectivity index (χ1) is 30.9. The fourth-order valence-corrected chi connectivity index (χ4v) is 7.66. The summed E-state index contributed by atoms with van der Waals surface area (Å²) in [5.41, 5.74) is 4.27. The minimum absolute atomic E-state index is 0.00143. The molecule has 0 aliphatic carbocycles. The molecule has 4 N–H and O–H groups in total. The zero-order valence-electron chi connectivity index (χ0n) is 38.2. The van der Waals surface area contributed by atoms with E-state index < -0.39 is 59.1 Å². The van der Waals surface area contributed by atoms with Gasteiger partial charge in [-0.15, -0.1) is 0 Å². The average molecular weight is 886 g/mol. The van der Waals surface area contributed by atoms with Gasteiger partial charge in [0, 0.05) is 61.4 Å². The zero-order valence-corrected chi connectivity index (χ0v) is 38.2. The van der Waals surface area contributed by atoms with Crippen molar-refractivity contribution in [2.75, 3.05) is 26.7 Å². The number of nitrogens with zero attached hydrogens (tertiary/aromatic N) is 2. The minimum Gasteiger partial charge on any atom is -0.507 e. The number of carbonyl (C=O) groups excluding carboxylic acids is 6. The Hall–Kier alpha value is -7.01. The molecule has 4 amide bonds. The molecule has 0 aromatic heterocycles. The SMILES string of the molecule is CCCOc1ccc2cc1-c1cc(ccc1O)C[C@@H](C(=O)NCC#N)NC(=O)[C@H](C)CC(=O)[C@H]2N(C)C(=O)[C@H](CCNC(=O)OC(C)(C)C)CC(=O)c1ccc(-c2ccc(C)cc2)cc1. The van der Waals surface area contributed by atoms with Crippen molar-refractivity contribution in [3.8, 4) is 39.8 Å². The van der Waals surface area contributed by atoms with Gasteiger partial charge in [0.25, 0.3) is 0 Å². The lowest BCUT2D eigenvalue weighted by atomic mass is 9.88. The highest BCUT2D eigenvalue weighted by Crippen LogP contribution is 2.40. The van der Waals surface area contributed by atoms with Crippen LogP contribution in [-0.2, 0) is 30.3 Å². The Labute approximate surface area is 380 Å². The fourth-order valence-electron chi connectivity index (χ4n) is 7.66. The van der Waals surface area contributed by atoms with Crippen LogP contribution in [0, 0.1) is 30.1 Å². The van der Waals surface area contributed by atoms with Gasteiger partial charge in [-0.3, -0.25) is 24.0 Å². The number of nitriles is 1. The molecule has 0 spiro atoms. The molecule has 14 heteroatoms. The second kappa shape index (κ2) is 22.1. The molecule has 0 saturated heterocycles. The molecule has 342 valence electrons. The number of hydrogen-bond donors (Lipinski definition) is 4. The first-order valence-electron chi connectivity index (χ1n) is 21.9. The third-order valence-electron chi connectivity index (χ3n) is 11.1. The second-order valence-corrected chi connectivity index (χ2v) is 17.5. The van der Waals surface area contributed by atoms with E-state index in [1.807, 2.05) is 56.3 Å². The van der Waals surface area contributed by atoms with E-state index in [-0.39, 0.29) is 50.3 Å². The summed E-state index contributed by atoms with van der Waals surface area (Å²) in [5.74, 6) is -4.35. The third-order valence-corrected chi connectivity index (χ3v) is 11.1. The number of likely N-dealkylation sites (N-methyl/N-ethyl adjacent to an activating group) is 1. The first kappa shape index (κ1) is 49.0. The normalized spacial score (nSPS) is 16.7. The smallest absolute Gasteiger partial charge is 0.407 e. The highest BCUT2D eigenvalue weighted by molar-refractivity contribution is 6.00. The van der Waals surface area contributed by atoms with Crippen molar-refractivity contribution < 1.29 is 43.3 Å². The molecule has 1 aliphatic heterocycles. The van der Waals surface area contributed by atoms with Gasteiger partial charge in [-0.05, 0) is 87.1 Å². The molecule has 14 nitrogen and oxygen atoms in total. The van der Waals surface area contributed by atoms with Crippen molar-refractivity contribution in [3.63, 3.8) is 0 Å². The molecule has 0 radical (unpaired) electrons. The van der Waals surface area contributed by atoms with Crippen molar-refractivity contribution in [3.05, 3.63) is 107 Å². The van der Waals surface area contributed by atoms with Crippen LogP contribution in [0.15, 0.2) is 84.9 Å². The lowest BCUT2D eigenvalue weighted by molar-refractivity contribution is -0.142. The van der Waals surface area contributed by atoms with Crippen LogP contribution < -0.4 is 20.7 Å². The van der Waals surface area contributed by atoms with Gasteiger partial charge in [-0.2, -0.15) is 5.26 Å². The maximum absolute atomic E-state index is 14.9. The molecule has 4 atom stereocenters. The van der Waals surface area contributed by atoms with Crippen molar-refractivity contribution in [1.29, 1.82) is 5.26 Å². The Kier molecular flexibility index (Phi) is 16.6. The number of carbonyl (C=O) groups is 6. The number of aryl methyl sites for hydroxylation is 1. The van der Waals surface area contributed by atoms with E-state index in [9.17, 15) is 33.9 Å². The number of nitrogens with one attached hydrogen (secondary N) is 3. The van der Waals surface area contributed by atoms with E-state index in [2.05, 4.69) is 16.0 Å². The van der Waals surface area contributed by atoms with Crippen molar-refractivity contribution in [2.24, 2.45) is 11.8 Å². The van der Waals surface area contributed by atoms with E-state index in [4.69, 9.17) is 14.7 Å². The Morgan fingerprint density at radius 3 is 2.25 bits per heavy atom. The van der Waals surface area contributed by atoms with E-state index >= 15 is 0 Å². The maximum atomic E-state index is 14.9. The van der Waals surface area contributed by atoms with Crippen LogP contribution in [-0.4, -0.2) is 83.8 Å². The number of amides is 4. The molecule has 5 rings (SSSR count). The lowest BCUT2D eigenvalue weighted by Crippen LogP contribution is -2.50. The van der Waals surface area contributed by atoms with Gasteiger partial charge in [0.2, 0.25) is 17.7 Å². The van der Waals surface area contributed by atoms with Gasteiger partial charge in [0.05, 0.1) is 12.7 Å². The van der Waals surface area contributed by atoms with Crippen molar-refractivity contribution in [1.82, 2.24) is 20.9 Å². The standard InChI is InChI=1S/C51H59N5O9/c1-8-25-64-45-20-18-37-29-40(45)39-27-33(11-19-42(39)57)28-41(48(61)53-24-22-52)55-47(60)32(3)26-44(59)46(37)56(7)49(62)38(21-23-54-50(63)65-51(4,5)6)30-43(58)36-16-14-35(15-17-36)34-12-9-31(2)10-13-34/h9-20,27,29,32,38,41,46,57H,8,21,23-26,28,30H2,1-7H3,(H,53,61)(H,54,63)(H,55,60)/t32-,38-,41+,46+/m1/s1. The van der Waals surface area contributed by atoms with Crippen molar-refractivity contribution in [2.45, 2.75) is 91.3 Å². The number of benzene rings is 4. The Bertz CT molecular complexity index is 2420. The highest BCUT2D eigenvalue weighted by Gasteiger charge is 2.36. The molecule has 1 aliphatic rings. The Balaban J connectivity index is 1.56. The zero-order chi connectivity index (χ0) is 47.4. The molecule has 0 saturated carbocycles. The summed E-state index contributed by atoms with van der Waals surface area (Å²) in [6, 6.07) is 24.3. The monoisotopic (exact) mass is 885 g/mol. The van der Waals surface area contributed by atoms with Gasteiger partial charge in [0.15, 0.2) is 11.6 Å². The summed E-state index contributed by atoms with van der Waals surface area (Å²) in [6.07, 6.45) is -0.617. The largest absolute Gasteiger partial charge is 0.507 e. The first-order valence-corrected chi connectivity index (χ1v) is 21.9. The number of aromatic hydroxyl groups is 1. The lowest BCUT2D eigenvalue weighted by Gasteiger charge is -2.32. The number of phenolic OH excluding ortho intramolecular Hbond substituents is 1. The number of rotatable bonds is 14. The molecule has 65 heavy (non-hydrogen) atoms. The quantitative estimate of drug-likeness (QED) is 0.0730. The topological polar surface area (TPSA) is 204 Å². The van der Waals surface area contributed by atoms with Gasteiger partial charge in [0.1, 0.15) is 35.7 Å². The minimum atomic E-state index is -1.30. The van der Waals surface area contributed by atoms with Gasteiger partial charge >= 0.3 is 6.09 Å². The molecular formula is C51H59N5O9. The number of phenols is 1. The van der Waals surface area contributed by atoms with Crippen LogP contribution in [0.4, 0.5) is 4.79 Å². The van der Waals surface area contributed by atoms with Crippen LogP contribution in [0.3, 0.4) is 0 Å². The fraction of sp³-hybridized carbons (Fsp3) is 0.392. The summed E-state index contributed by atoms with van der Waals surface area (Å²) >= 11 is 0. The average Bonchev–Trinajstić information content (AvgIpc) is 3.26. The number of fused-ring (bicyclic) bond motifs is 5. The molecule has 0 fully saturated rings. The van der Waals surface area contributed by atoms with E-state index in [0.717, 1.165) is 16.7 Å². The van der Waals surface area contributed by atoms with Gasteiger partial charge in [-0.25, -0.2) is 4.79 Å². The van der Waals surface area contributed by atoms with E-state index in [1.165, 1.54) is 18.0 Å². The Morgan fingerprint density at radius 1 is 0.923 bits per heavy atom. The van der Waals surface area contributed by atoms with Gasteiger partial charge < -0.3 is 35.4 Å². The summed E-state index contributed by atoms with van der Waals surface area (Å²) in [7, 11) is 1.46. The van der Waals surface area contributed by atoms with Crippen LogP contribution in [0.2, 0.25) is 0 Å². The molecule has 0 unspecified atom stereocenters. The van der Waals surface area contributed by atoms with E-state index in [1.54, 1.807) is 70.2 Å². The predicted molar refractivity (Wildman–Crippen MR) is 246 cm³/mol. The number of ether oxygens (including phenoxy) is 2. The van der Waals surface area contributed by atoms with Crippen LogP contribution in [0.1, 0.15) is 93.4 Å². The number of alkyl carbamates (subject to hydrolysis) is 1. The molecule has 4 bridgehead atoms. The van der Waals surface area contributed by atoms with Crippen LogP contribution in [0.5, 0.6) is 11.5 Å².